The number of benzene rings is 4. The number of nitrogens with two attached hydrogens (primary N) is 1. The lowest BCUT2D eigenvalue weighted by Crippen LogP contribution is -2.42. The van der Waals surface area contributed by atoms with Crippen LogP contribution in [-0.4, -0.2) is 15.9 Å². The van der Waals surface area contributed by atoms with Gasteiger partial charge in [0.1, 0.15) is 22.8 Å². The third-order valence-electron chi connectivity index (χ3n) is 7.01. The molecule has 3 heterocycles. The fraction of sp³-hybridized carbons (Fsp3) is 0.0714. The molecule has 0 bridgehead atoms. The normalized spacial score (nSPS) is 18.3. The van der Waals surface area contributed by atoms with E-state index in [0.717, 1.165) is 16.5 Å². The van der Waals surface area contributed by atoms with Crippen molar-refractivity contribution in [2.75, 3.05) is 5.32 Å². The first-order valence-electron chi connectivity index (χ1n) is 11.3. The molecular weight excluding hydrogens is 474 g/mol. The molecule has 1 atom stereocenters. The number of aryl methyl sites for hydroxylation is 1. The average molecular weight is 490 g/mol. The van der Waals surface area contributed by atoms with Gasteiger partial charge in [-0.3, -0.25) is 4.79 Å². The first kappa shape index (κ1) is 20.7. The molecule has 0 radical (unpaired) electrons. The number of anilines is 1. The molecule has 0 saturated heterocycles. The van der Waals surface area contributed by atoms with Crippen molar-refractivity contribution in [2.24, 2.45) is 5.73 Å². The summed E-state index contributed by atoms with van der Waals surface area (Å²) in [6.07, 6.45) is 0. The molecule has 0 saturated carbocycles. The van der Waals surface area contributed by atoms with Gasteiger partial charge in [0.25, 0.3) is 0 Å². The number of ether oxygens (including phenoxy) is 1. The summed E-state index contributed by atoms with van der Waals surface area (Å²) in [4.78, 5) is 24.0. The summed E-state index contributed by atoms with van der Waals surface area (Å²) in [5.74, 6) is -0.189. The van der Waals surface area contributed by atoms with Gasteiger partial charge in [-0.15, -0.1) is 0 Å². The molecular formula is C28H16ClN5O2. The maximum Gasteiger partial charge on any atom is 0.245 e. The topological polar surface area (TPSA) is 114 Å². The Morgan fingerprint density at radius 2 is 1.81 bits per heavy atom. The minimum Gasteiger partial charge on any atom is -0.439 e. The van der Waals surface area contributed by atoms with Crippen molar-refractivity contribution in [2.45, 2.75) is 12.3 Å². The van der Waals surface area contributed by atoms with Crippen molar-refractivity contribution in [3.8, 4) is 11.8 Å². The second-order valence-corrected chi connectivity index (χ2v) is 9.45. The Kier molecular flexibility index (Phi) is 3.99. The molecule has 4 aromatic carbocycles. The quantitative estimate of drug-likeness (QED) is 0.227. The lowest BCUT2D eigenvalue weighted by atomic mass is 9.67. The number of hydrogen-bond acceptors (Lipinski definition) is 6. The maximum atomic E-state index is 14.0. The van der Waals surface area contributed by atoms with Gasteiger partial charge in [0.2, 0.25) is 11.8 Å². The molecule has 2 aliphatic rings. The molecule has 1 spiro atoms. The highest BCUT2D eigenvalue weighted by atomic mass is 35.5. The molecule has 1 amide bonds. The fourth-order valence-corrected chi connectivity index (χ4v) is 5.66. The molecule has 0 fully saturated rings. The zero-order valence-corrected chi connectivity index (χ0v) is 19.6. The number of hydrogen-bond donors (Lipinski definition) is 2. The zero-order valence-electron chi connectivity index (χ0n) is 18.9. The van der Waals surface area contributed by atoms with Crippen LogP contribution in [0.1, 0.15) is 16.7 Å². The number of nitriles is 1. The van der Waals surface area contributed by atoms with Crippen molar-refractivity contribution in [1.82, 2.24) is 9.97 Å². The van der Waals surface area contributed by atoms with Crippen LogP contribution in [0, 0.1) is 18.3 Å². The molecule has 1 unspecified atom stereocenters. The van der Waals surface area contributed by atoms with Crippen LogP contribution in [0.5, 0.6) is 5.75 Å². The van der Waals surface area contributed by atoms with Gasteiger partial charge in [0.05, 0.1) is 22.1 Å². The predicted molar refractivity (Wildman–Crippen MR) is 138 cm³/mol. The number of rotatable bonds is 0. The van der Waals surface area contributed by atoms with Crippen LogP contribution in [0.2, 0.25) is 5.02 Å². The minimum absolute atomic E-state index is 0.0177. The lowest BCUT2D eigenvalue weighted by molar-refractivity contribution is -0.118. The monoisotopic (exact) mass is 489 g/mol. The number of nitrogens with one attached hydrogen (secondary N) is 1. The van der Waals surface area contributed by atoms with Crippen molar-refractivity contribution in [3.05, 3.63) is 93.8 Å². The van der Waals surface area contributed by atoms with E-state index in [1.54, 1.807) is 18.2 Å². The fourth-order valence-electron chi connectivity index (χ4n) is 5.49. The summed E-state index contributed by atoms with van der Waals surface area (Å²) >= 11 is 6.41. The third kappa shape index (κ3) is 2.43. The van der Waals surface area contributed by atoms with Gasteiger partial charge >= 0.3 is 0 Å². The Hall–Kier alpha value is -4.67. The van der Waals surface area contributed by atoms with Crippen molar-refractivity contribution in [1.29, 1.82) is 5.26 Å². The summed E-state index contributed by atoms with van der Waals surface area (Å²) in [7, 11) is 0. The Labute approximate surface area is 209 Å². The van der Waals surface area contributed by atoms with Crippen LogP contribution in [0.3, 0.4) is 0 Å². The maximum absolute atomic E-state index is 14.0. The molecule has 8 heteroatoms. The van der Waals surface area contributed by atoms with E-state index in [9.17, 15) is 10.1 Å². The van der Waals surface area contributed by atoms with Gasteiger partial charge in [-0.1, -0.05) is 41.9 Å². The number of halogens is 1. The number of carbonyl (C=O) groups is 1. The number of nitrogens with zero attached hydrogens (tertiary/aromatic N) is 3. The first-order chi connectivity index (χ1) is 17.4. The molecule has 0 aliphatic carbocycles. The molecule has 1 aromatic heterocycles. The second kappa shape index (κ2) is 6.94. The summed E-state index contributed by atoms with van der Waals surface area (Å²) in [6.45, 7) is 2.00. The molecule has 7 rings (SSSR count). The first-order valence-corrected chi connectivity index (χ1v) is 11.6. The van der Waals surface area contributed by atoms with Crippen LogP contribution >= 0.6 is 11.6 Å². The van der Waals surface area contributed by atoms with Crippen molar-refractivity contribution < 1.29 is 9.53 Å². The highest BCUT2D eigenvalue weighted by Gasteiger charge is 2.58. The van der Waals surface area contributed by atoms with E-state index < -0.39 is 11.3 Å². The third-order valence-corrected chi connectivity index (χ3v) is 7.24. The van der Waals surface area contributed by atoms with Crippen molar-refractivity contribution in [3.63, 3.8) is 0 Å². The number of fused-ring (bicyclic) bond motifs is 10. The lowest BCUT2D eigenvalue weighted by Gasteiger charge is -2.35. The Balaban J connectivity index is 1.77. The Morgan fingerprint density at radius 3 is 2.61 bits per heavy atom. The summed E-state index contributed by atoms with van der Waals surface area (Å²) in [5.41, 5.74) is 9.72. The number of amides is 1. The van der Waals surface area contributed by atoms with E-state index in [2.05, 4.69) is 11.4 Å². The van der Waals surface area contributed by atoms with Gasteiger partial charge < -0.3 is 15.8 Å². The molecule has 5 aromatic rings. The van der Waals surface area contributed by atoms with Crippen LogP contribution in [0.25, 0.3) is 32.8 Å². The van der Waals surface area contributed by atoms with E-state index in [0.29, 0.717) is 49.5 Å². The van der Waals surface area contributed by atoms with Gasteiger partial charge in [-0.2, -0.15) is 5.26 Å². The zero-order chi connectivity index (χ0) is 24.8. The van der Waals surface area contributed by atoms with Crippen LogP contribution < -0.4 is 15.8 Å². The Morgan fingerprint density at radius 1 is 1.03 bits per heavy atom. The number of aromatic nitrogens is 2. The van der Waals surface area contributed by atoms with Gasteiger partial charge in [0.15, 0.2) is 0 Å². The standard InChI is InChI=1S/C28H16ClN5O2/c1-13-6-8-20-21(10-13)33-23-15-4-2-3-5-16(15)25-22(24(23)32-20)28(18(12-30)26(31)36-25)17-11-14(29)7-9-19(17)34-27(28)35/h2-11H,31H2,1H3,(H,34,35). The van der Waals surface area contributed by atoms with Gasteiger partial charge in [-0.25, -0.2) is 9.97 Å². The largest absolute Gasteiger partial charge is 0.439 e. The van der Waals surface area contributed by atoms with E-state index in [1.807, 2.05) is 49.4 Å². The summed E-state index contributed by atoms with van der Waals surface area (Å²) < 4.78 is 6.12. The highest BCUT2D eigenvalue weighted by molar-refractivity contribution is 6.31. The average Bonchev–Trinajstić information content (AvgIpc) is 3.14. The molecule has 3 N–H and O–H groups in total. The van der Waals surface area contributed by atoms with E-state index >= 15 is 0 Å². The summed E-state index contributed by atoms with van der Waals surface area (Å²) in [6, 6.07) is 20.7. The van der Waals surface area contributed by atoms with Crippen LogP contribution in [0.15, 0.2) is 72.1 Å². The second-order valence-electron chi connectivity index (χ2n) is 9.01. The SMILES string of the molecule is Cc1ccc2nc3c4c(c5ccccc5c3nc2c1)OC(N)=C(C#N)C41C(=O)Nc2ccc(Cl)cc21. The van der Waals surface area contributed by atoms with E-state index in [4.69, 9.17) is 32.0 Å². The van der Waals surface area contributed by atoms with Gasteiger partial charge in [-0.05, 0) is 42.8 Å². The van der Waals surface area contributed by atoms with E-state index in [1.165, 1.54) is 0 Å². The van der Waals surface area contributed by atoms with Crippen LogP contribution in [0.4, 0.5) is 5.69 Å². The Bertz CT molecular complexity index is 1920. The van der Waals surface area contributed by atoms with E-state index in [-0.39, 0.29) is 11.5 Å². The predicted octanol–water partition coefficient (Wildman–Crippen LogP) is 5.22. The molecule has 2 aliphatic heterocycles. The summed E-state index contributed by atoms with van der Waals surface area (Å²) in [5, 5.41) is 15.2. The smallest absolute Gasteiger partial charge is 0.245 e. The number of carbonyl (C=O) groups excluding carboxylic acids is 1. The van der Waals surface area contributed by atoms with Crippen molar-refractivity contribution >= 4 is 56.0 Å². The molecule has 172 valence electrons. The molecule has 7 nitrogen and oxygen atoms in total. The van der Waals surface area contributed by atoms with Crippen LogP contribution in [-0.2, 0) is 10.2 Å². The highest BCUT2D eigenvalue weighted by Crippen LogP contribution is 2.57. The minimum atomic E-state index is -1.61. The molecule has 36 heavy (non-hydrogen) atoms. The van der Waals surface area contributed by atoms with Gasteiger partial charge in [0, 0.05) is 32.6 Å².